The predicted molar refractivity (Wildman–Crippen MR) is 131 cm³/mol. The molecule has 3 heterocycles. The zero-order chi connectivity index (χ0) is 25.5. The molecule has 2 aromatic heterocycles. The first-order valence-electron chi connectivity index (χ1n) is 11.5. The molecule has 1 aliphatic rings. The SMILES string of the molecule is CO[C@@]1(c2cc3c(N[C@H](C)c4cccc(C(F)F)c4C)ccnc3n(C)c2=O)CCN(C(C)=O)C1. The number of anilines is 1. The van der Waals surface area contributed by atoms with Gasteiger partial charge in [-0.15, -0.1) is 0 Å². The molecule has 0 aliphatic carbocycles. The average Bonchev–Trinajstić information content (AvgIpc) is 3.27. The van der Waals surface area contributed by atoms with Gasteiger partial charge in [-0.3, -0.25) is 14.2 Å². The van der Waals surface area contributed by atoms with Gasteiger partial charge in [-0.2, -0.15) is 0 Å². The maximum atomic E-state index is 13.4. The van der Waals surface area contributed by atoms with Crippen LogP contribution in [0.15, 0.2) is 41.3 Å². The number of hydrogen-bond acceptors (Lipinski definition) is 5. The van der Waals surface area contributed by atoms with E-state index >= 15 is 0 Å². The first-order valence-corrected chi connectivity index (χ1v) is 11.5. The van der Waals surface area contributed by atoms with Gasteiger partial charge in [-0.05, 0) is 37.1 Å². The molecule has 35 heavy (non-hydrogen) atoms. The van der Waals surface area contributed by atoms with E-state index in [0.717, 1.165) is 5.56 Å². The number of pyridine rings is 2. The van der Waals surface area contributed by atoms with Gasteiger partial charge in [0.15, 0.2) is 0 Å². The summed E-state index contributed by atoms with van der Waals surface area (Å²) in [5.41, 5.74) is 1.83. The molecule has 0 unspecified atom stereocenters. The van der Waals surface area contributed by atoms with E-state index in [1.165, 1.54) is 17.6 Å². The average molecular weight is 485 g/mol. The molecule has 9 heteroatoms. The fourth-order valence-electron chi connectivity index (χ4n) is 5.04. The molecule has 1 saturated heterocycles. The molecule has 7 nitrogen and oxygen atoms in total. The Balaban J connectivity index is 1.80. The van der Waals surface area contributed by atoms with Crippen molar-refractivity contribution in [1.82, 2.24) is 14.5 Å². The normalized spacial score (nSPS) is 18.9. The van der Waals surface area contributed by atoms with E-state index in [1.807, 2.05) is 13.0 Å². The minimum Gasteiger partial charge on any atom is -0.378 e. The summed E-state index contributed by atoms with van der Waals surface area (Å²) < 4.78 is 34.2. The van der Waals surface area contributed by atoms with E-state index in [-0.39, 0.29) is 23.1 Å². The lowest BCUT2D eigenvalue weighted by Crippen LogP contribution is -2.40. The summed E-state index contributed by atoms with van der Waals surface area (Å²) in [5.74, 6) is -0.0687. The van der Waals surface area contributed by atoms with E-state index < -0.39 is 12.0 Å². The van der Waals surface area contributed by atoms with E-state index in [4.69, 9.17) is 4.74 Å². The monoisotopic (exact) mass is 484 g/mol. The maximum absolute atomic E-state index is 13.4. The standard InChI is InChI=1S/C26H30F2N4O3/c1-15-18(7-6-8-19(15)23(27)28)16(2)30-22-9-11-29-24-20(22)13-21(25(34)31(24)4)26(35-5)10-12-32(14-26)17(3)33/h6-9,11,13,16,23H,10,12,14H2,1-5H3,(H,29,30)/t16-,26+/m1/s1. The Hall–Kier alpha value is -3.33. The summed E-state index contributed by atoms with van der Waals surface area (Å²) in [7, 11) is 3.21. The number of ether oxygens (including phenoxy) is 1. The fraction of sp³-hybridized carbons (Fsp3) is 0.423. The van der Waals surface area contributed by atoms with Crippen molar-refractivity contribution in [1.29, 1.82) is 0 Å². The number of nitrogens with one attached hydrogen (secondary N) is 1. The summed E-state index contributed by atoms with van der Waals surface area (Å²) in [6, 6.07) is 8.22. The zero-order valence-corrected chi connectivity index (χ0v) is 20.6. The van der Waals surface area contributed by atoms with Crippen molar-refractivity contribution >= 4 is 22.6 Å². The highest BCUT2D eigenvalue weighted by molar-refractivity contribution is 5.89. The first kappa shape index (κ1) is 24.8. The van der Waals surface area contributed by atoms with Gasteiger partial charge < -0.3 is 15.0 Å². The van der Waals surface area contributed by atoms with Crippen molar-refractivity contribution in [2.45, 2.75) is 45.3 Å². The number of likely N-dealkylation sites (tertiary alicyclic amines) is 1. The second-order valence-electron chi connectivity index (χ2n) is 9.14. The Morgan fingerprint density at radius 1 is 1.26 bits per heavy atom. The van der Waals surface area contributed by atoms with Crippen LogP contribution in [0.25, 0.3) is 11.0 Å². The lowest BCUT2D eigenvalue weighted by molar-refractivity contribution is -0.129. The van der Waals surface area contributed by atoms with Crippen LogP contribution in [0.4, 0.5) is 14.5 Å². The van der Waals surface area contributed by atoms with Crippen LogP contribution in [0.5, 0.6) is 0 Å². The first-order chi connectivity index (χ1) is 16.6. The lowest BCUT2D eigenvalue weighted by atomic mass is 9.92. The Morgan fingerprint density at radius 2 is 1.97 bits per heavy atom. The predicted octanol–water partition coefficient (Wildman–Crippen LogP) is 4.45. The number of amides is 1. The number of methoxy groups -OCH3 is 1. The van der Waals surface area contributed by atoms with E-state index in [1.54, 1.807) is 50.4 Å². The van der Waals surface area contributed by atoms with Crippen molar-refractivity contribution in [3.63, 3.8) is 0 Å². The molecule has 0 spiro atoms. The van der Waals surface area contributed by atoms with Gasteiger partial charge in [-0.1, -0.05) is 18.2 Å². The number of halogens is 2. The summed E-state index contributed by atoms with van der Waals surface area (Å²) in [5, 5.41) is 4.13. The summed E-state index contributed by atoms with van der Waals surface area (Å²) in [6.07, 6.45) is -0.437. The van der Waals surface area contributed by atoms with Gasteiger partial charge in [0.2, 0.25) is 5.91 Å². The molecule has 1 fully saturated rings. The summed E-state index contributed by atoms with van der Waals surface area (Å²) in [4.78, 5) is 31.4. The van der Waals surface area contributed by atoms with Crippen LogP contribution in [-0.4, -0.2) is 40.6 Å². The highest BCUT2D eigenvalue weighted by atomic mass is 19.3. The molecule has 0 bridgehead atoms. The van der Waals surface area contributed by atoms with Crippen LogP contribution in [0.2, 0.25) is 0 Å². The number of benzene rings is 1. The number of hydrogen-bond donors (Lipinski definition) is 1. The molecule has 1 N–H and O–H groups in total. The third-order valence-electron chi connectivity index (χ3n) is 7.16. The smallest absolute Gasteiger partial charge is 0.264 e. The molecular weight excluding hydrogens is 454 g/mol. The number of fused-ring (bicyclic) bond motifs is 1. The van der Waals surface area contributed by atoms with Gasteiger partial charge in [-0.25, -0.2) is 13.8 Å². The van der Waals surface area contributed by atoms with Gasteiger partial charge in [0.1, 0.15) is 11.2 Å². The van der Waals surface area contributed by atoms with Gasteiger partial charge in [0.25, 0.3) is 12.0 Å². The molecule has 1 aromatic carbocycles. The van der Waals surface area contributed by atoms with Crippen molar-refractivity contribution in [3.05, 3.63) is 69.1 Å². The Labute approximate surface area is 202 Å². The summed E-state index contributed by atoms with van der Waals surface area (Å²) >= 11 is 0. The van der Waals surface area contributed by atoms with Crippen LogP contribution in [0, 0.1) is 6.92 Å². The van der Waals surface area contributed by atoms with Crippen molar-refractivity contribution in [3.8, 4) is 0 Å². The highest BCUT2D eigenvalue weighted by Gasteiger charge is 2.43. The third-order valence-corrected chi connectivity index (χ3v) is 7.16. The molecule has 1 aliphatic heterocycles. The van der Waals surface area contributed by atoms with E-state index in [0.29, 0.717) is 47.4 Å². The van der Waals surface area contributed by atoms with Crippen LogP contribution in [-0.2, 0) is 22.2 Å². The topological polar surface area (TPSA) is 76.5 Å². The quantitative estimate of drug-likeness (QED) is 0.560. The molecular formula is C26H30F2N4O3. The summed E-state index contributed by atoms with van der Waals surface area (Å²) in [6.45, 7) is 5.90. The molecule has 0 radical (unpaired) electrons. The zero-order valence-electron chi connectivity index (χ0n) is 20.6. The molecule has 4 rings (SSSR count). The Morgan fingerprint density at radius 3 is 2.60 bits per heavy atom. The van der Waals surface area contributed by atoms with Gasteiger partial charge in [0, 0.05) is 62.9 Å². The Bertz CT molecular complexity index is 1340. The number of rotatable bonds is 6. The minimum absolute atomic E-state index is 0.0127. The maximum Gasteiger partial charge on any atom is 0.264 e. The van der Waals surface area contributed by atoms with Gasteiger partial charge in [0.05, 0.1) is 12.1 Å². The molecule has 0 saturated carbocycles. The van der Waals surface area contributed by atoms with Crippen molar-refractivity contribution in [2.24, 2.45) is 7.05 Å². The largest absolute Gasteiger partial charge is 0.378 e. The van der Waals surface area contributed by atoms with Gasteiger partial charge >= 0.3 is 0 Å². The van der Waals surface area contributed by atoms with Crippen LogP contribution >= 0.6 is 0 Å². The minimum atomic E-state index is -2.55. The van der Waals surface area contributed by atoms with Crippen molar-refractivity contribution in [2.75, 3.05) is 25.5 Å². The van der Waals surface area contributed by atoms with Crippen LogP contribution < -0.4 is 10.9 Å². The molecule has 3 aromatic rings. The number of alkyl halides is 2. The number of carbonyl (C=O) groups excluding carboxylic acids is 1. The van der Waals surface area contributed by atoms with Crippen LogP contribution in [0.3, 0.4) is 0 Å². The Kier molecular flexibility index (Phi) is 6.64. The number of nitrogens with zero attached hydrogens (tertiary/aromatic N) is 3. The number of carbonyl (C=O) groups is 1. The van der Waals surface area contributed by atoms with Crippen LogP contribution in [0.1, 0.15) is 55.0 Å². The third kappa shape index (κ3) is 4.29. The lowest BCUT2D eigenvalue weighted by Gasteiger charge is -2.28. The molecule has 1 amide bonds. The van der Waals surface area contributed by atoms with Crippen molar-refractivity contribution < 1.29 is 18.3 Å². The van der Waals surface area contributed by atoms with E-state index in [2.05, 4.69) is 10.3 Å². The fourth-order valence-corrected chi connectivity index (χ4v) is 5.04. The number of aromatic nitrogens is 2. The van der Waals surface area contributed by atoms with E-state index in [9.17, 15) is 18.4 Å². The number of aryl methyl sites for hydroxylation is 1. The molecule has 186 valence electrons. The second kappa shape index (κ2) is 9.37. The second-order valence-corrected chi connectivity index (χ2v) is 9.14. The highest BCUT2D eigenvalue weighted by Crippen LogP contribution is 2.36. The molecule has 2 atom stereocenters.